The minimum Gasteiger partial charge on any atom is -0.376 e. The monoisotopic (exact) mass is 218 g/mol. The molecule has 2 amide bonds. The molecule has 5 N–H and O–H groups in total. The number of ether oxygens (including phenoxy) is 1. The molecule has 0 aromatic heterocycles. The summed E-state index contributed by atoms with van der Waals surface area (Å²) in [7, 11) is 0. The molecule has 1 heterocycles. The second-order valence-electron chi connectivity index (χ2n) is 2.96. The maximum absolute atomic E-state index is 10.3. The van der Waals surface area contributed by atoms with Gasteiger partial charge in [-0.1, -0.05) is 0 Å². The Hall–Kier alpha value is -1.08. The van der Waals surface area contributed by atoms with Gasteiger partial charge < -0.3 is 15.8 Å². The van der Waals surface area contributed by atoms with Crippen molar-refractivity contribution in [1.82, 2.24) is 16.2 Å². The van der Waals surface area contributed by atoms with Crippen molar-refractivity contribution in [3.63, 3.8) is 0 Å². The molecule has 0 saturated carbocycles. The molecule has 1 aliphatic heterocycles. The normalized spacial score (nSPS) is 20.1. The molecule has 1 aliphatic rings. The molecular formula is C7H14N4O2S. The predicted octanol–water partition coefficient (Wildman–Crippen LogP) is -0.787. The van der Waals surface area contributed by atoms with Crippen LogP contribution in [0.25, 0.3) is 0 Å². The molecule has 80 valence electrons. The molecule has 0 unspecified atom stereocenters. The zero-order valence-corrected chi connectivity index (χ0v) is 8.52. The molecule has 1 fully saturated rings. The number of nitrogens with two attached hydrogens (primary N) is 1. The van der Waals surface area contributed by atoms with Crippen LogP contribution in [0.1, 0.15) is 12.8 Å². The summed E-state index contributed by atoms with van der Waals surface area (Å²) in [4.78, 5) is 10.3. The molecule has 0 spiro atoms. The Kier molecular flexibility index (Phi) is 4.41. The van der Waals surface area contributed by atoms with Crippen molar-refractivity contribution in [3.05, 3.63) is 0 Å². The predicted molar refractivity (Wildman–Crippen MR) is 55.4 cm³/mol. The molecule has 1 rings (SSSR count). The van der Waals surface area contributed by atoms with Gasteiger partial charge in [-0.05, 0) is 25.1 Å². The zero-order valence-electron chi connectivity index (χ0n) is 7.71. The van der Waals surface area contributed by atoms with Crippen LogP contribution in [0, 0.1) is 0 Å². The fourth-order valence-electron chi connectivity index (χ4n) is 1.17. The Morgan fingerprint density at radius 2 is 2.36 bits per heavy atom. The van der Waals surface area contributed by atoms with Crippen LogP contribution in [0.5, 0.6) is 0 Å². The van der Waals surface area contributed by atoms with E-state index in [1.54, 1.807) is 0 Å². The third-order valence-corrected chi connectivity index (χ3v) is 2.06. The van der Waals surface area contributed by atoms with Crippen LogP contribution in [0.2, 0.25) is 0 Å². The molecule has 0 aliphatic carbocycles. The highest BCUT2D eigenvalue weighted by Crippen LogP contribution is 2.10. The standard InChI is InChI=1S/C7H14N4O2S/c8-6(12)10-11-7(14)9-4-5-2-1-3-13-5/h5H,1-4H2,(H3,8,10,12)(H2,9,11,14)/t5-/m1/s1. The quantitative estimate of drug-likeness (QED) is 0.360. The van der Waals surface area contributed by atoms with E-state index < -0.39 is 6.03 Å². The van der Waals surface area contributed by atoms with E-state index in [9.17, 15) is 4.79 Å². The van der Waals surface area contributed by atoms with Crippen LogP contribution in [-0.4, -0.2) is 30.4 Å². The summed E-state index contributed by atoms with van der Waals surface area (Å²) >= 11 is 4.86. The SMILES string of the molecule is NC(=O)NNC(=S)NC[C@H]1CCCO1. The number of rotatable bonds is 2. The third kappa shape index (κ3) is 4.24. The van der Waals surface area contributed by atoms with Crippen molar-refractivity contribution in [2.75, 3.05) is 13.2 Å². The average molecular weight is 218 g/mol. The van der Waals surface area contributed by atoms with Crippen LogP contribution in [0.4, 0.5) is 4.79 Å². The molecule has 1 atom stereocenters. The first kappa shape index (κ1) is 11.0. The van der Waals surface area contributed by atoms with Gasteiger partial charge in [0.15, 0.2) is 5.11 Å². The number of urea groups is 1. The molecule has 0 bridgehead atoms. The first-order valence-corrected chi connectivity index (χ1v) is 4.80. The topological polar surface area (TPSA) is 88.4 Å². The molecule has 6 nitrogen and oxygen atoms in total. The van der Waals surface area contributed by atoms with Crippen molar-refractivity contribution in [1.29, 1.82) is 0 Å². The largest absolute Gasteiger partial charge is 0.376 e. The summed E-state index contributed by atoms with van der Waals surface area (Å²) in [6.07, 6.45) is 2.34. The van der Waals surface area contributed by atoms with E-state index in [-0.39, 0.29) is 6.10 Å². The lowest BCUT2D eigenvalue weighted by Gasteiger charge is -2.13. The van der Waals surface area contributed by atoms with E-state index in [1.807, 2.05) is 0 Å². The maximum atomic E-state index is 10.3. The van der Waals surface area contributed by atoms with Gasteiger partial charge >= 0.3 is 6.03 Å². The zero-order chi connectivity index (χ0) is 10.4. The summed E-state index contributed by atoms with van der Waals surface area (Å²) in [6.45, 7) is 1.46. The van der Waals surface area contributed by atoms with Gasteiger partial charge in [0.25, 0.3) is 0 Å². The Bertz CT molecular complexity index is 218. The number of amides is 2. The summed E-state index contributed by atoms with van der Waals surface area (Å²) in [5.41, 5.74) is 9.45. The molecule has 0 aromatic rings. The number of hydrazine groups is 1. The second-order valence-corrected chi connectivity index (χ2v) is 3.37. The van der Waals surface area contributed by atoms with Crippen molar-refractivity contribution in [3.8, 4) is 0 Å². The summed E-state index contributed by atoms with van der Waals surface area (Å²) in [5, 5.41) is 3.24. The number of thiocarbonyl (C=S) groups is 1. The van der Waals surface area contributed by atoms with Crippen LogP contribution < -0.4 is 21.9 Å². The Morgan fingerprint density at radius 1 is 1.57 bits per heavy atom. The first-order chi connectivity index (χ1) is 6.68. The Balaban J connectivity index is 2.05. The number of carbonyl (C=O) groups is 1. The maximum Gasteiger partial charge on any atom is 0.330 e. The first-order valence-electron chi connectivity index (χ1n) is 4.39. The minimum atomic E-state index is -0.675. The lowest BCUT2D eigenvalue weighted by molar-refractivity contribution is 0.114. The van der Waals surface area contributed by atoms with E-state index in [0.717, 1.165) is 19.4 Å². The molecule has 1 saturated heterocycles. The number of nitrogens with one attached hydrogen (secondary N) is 3. The minimum absolute atomic E-state index is 0.211. The molecule has 7 heteroatoms. The lowest BCUT2D eigenvalue weighted by Crippen LogP contribution is -2.49. The van der Waals surface area contributed by atoms with Crippen molar-refractivity contribution in [2.24, 2.45) is 5.73 Å². The highest BCUT2D eigenvalue weighted by atomic mass is 32.1. The van der Waals surface area contributed by atoms with Crippen LogP contribution in [-0.2, 0) is 4.74 Å². The van der Waals surface area contributed by atoms with Gasteiger partial charge in [0.1, 0.15) is 0 Å². The highest BCUT2D eigenvalue weighted by molar-refractivity contribution is 7.80. The average Bonchev–Trinajstić information content (AvgIpc) is 2.63. The summed E-state index contributed by atoms with van der Waals surface area (Å²) in [6, 6.07) is -0.675. The third-order valence-electron chi connectivity index (χ3n) is 1.81. The van der Waals surface area contributed by atoms with Crippen molar-refractivity contribution < 1.29 is 9.53 Å². The van der Waals surface area contributed by atoms with E-state index >= 15 is 0 Å². The van der Waals surface area contributed by atoms with E-state index in [4.69, 9.17) is 22.7 Å². The smallest absolute Gasteiger partial charge is 0.330 e. The lowest BCUT2D eigenvalue weighted by atomic mass is 10.2. The van der Waals surface area contributed by atoms with Gasteiger partial charge in [-0.25, -0.2) is 10.2 Å². The van der Waals surface area contributed by atoms with Gasteiger partial charge in [0.2, 0.25) is 0 Å². The number of primary amides is 1. The Morgan fingerprint density at radius 3 is 2.93 bits per heavy atom. The van der Waals surface area contributed by atoms with Gasteiger partial charge in [-0.2, -0.15) is 0 Å². The summed E-state index contributed by atoms with van der Waals surface area (Å²) in [5.74, 6) is 0. The Labute approximate surface area is 87.5 Å². The van der Waals surface area contributed by atoms with E-state index in [2.05, 4.69) is 16.2 Å². The van der Waals surface area contributed by atoms with Gasteiger partial charge in [-0.3, -0.25) is 5.43 Å². The molecular weight excluding hydrogens is 204 g/mol. The number of hydrogen-bond acceptors (Lipinski definition) is 3. The van der Waals surface area contributed by atoms with Gasteiger partial charge in [-0.15, -0.1) is 0 Å². The highest BCUT2D eigenvalue weighted by Gasteiger charge is 2.14. The summed E-state index contributed by atoms with van der Waals surface area (Å²) < 4.78 is 5.37. The van der Waals surface area contributed by atoms with Crippen molar-refractivity contribution >= 4 is 23.4 Å². The molecule has 14 heavy (non-hydrogen) atoms. The fraction of sp³-hybridized carbons (Fsp3) is 0.714. The van der Waals surface area contributed by atoms with Crippen LogP contribution in [0.3, 0.4) is 0 Å². The van der Waals surface area contributed by atoms with Crippen molar-refractivity contribution in [2.45, 2.75) is 18.9 Å². The van der Waals surface area contributed by atoms with Crippen LogP contribution >= 0.6 is 12.2 Å². The second kappa shape index (κ2) is 5.61. The molecule has 0 aromatic carbocycles. The molecule has 0 radical (unpaired) electrons. The number of carbonyl (C=O) groups excluding carboxylic acids is 1. The fourth-order valence-corrected chi connectivity index (χ4v) is 1.31. The van der Waals surface area contributed by atoms with Gasteiger partial charge in [0.05, 0.1) is 6.10 Å². The number of hydrogen-bond donors (Lipinski definition) is 4. The van der Waals surface area contributed by atoms with E-state index in [1.165, 1.54) is 0 Å². The van der Waals surface area contributed by atoms with Crippen LogP contribution in [0.15, 0.2) is 0 Å². The van der Waals surface area contributed by atoms with Gasteiger partial charge in [0, 0.05) is 13.2 Å². The van der Waals surface area contributed by atoms with E-state index in [0.29, 0.717) is 11.7 Å².